The summed E-state index contributed by atoms with van der Waals surface area (Å²) in [5, 5.41) is 1.36. The Morgan fingerprint density at radius 2 is 1.62 bits per heavy atom. The number of esters is 1. The third-order valence-electron chi connectivity index (χ3n) is 7.42. The first-order chi connectivity index (χ1) is 15.5. The highest BCUT2D eigenvalue weighted by Crippen LogP contribution is 2.29. The third kappa shape index (κ3) is 4.56. The number of fused-ring (bicyclic) bond motifs is 1. The zero-order valence-corrected chi connectivity index (χ0v) is 19.8. The molecule has 1 amide bonds. The van der Waals surface area contributed by atoms with Crippen LogP contribution in [0.1, 0.15) is 50.8 Å². The Kier molecular flexibility index (Phi) is 7.19. The number of carbonyl (C=O) groups is 2. The molecule has 0 bridgehead atoms. The number of aryl methyl sites for hydroxylation is 1. The van der Waals surface area contributed by atoms with E-state index in [0.29, 0.717) is 19.7 Å². The molecule has 4 rings (SSSR count). The van der Waals surface area contributed by atoms with Crippen LogP contribution < -0.4 is 0 Å². The summed E-state index contributed by atoms with van der Waals surface area (Å²) in [7, 11) is 0. The molecule has 0 saturated carbocycles. The average Bonchev–Trinajstić information content (AvgIpc) is 3.10. The third-order valence-corrected chi connectivity index (χ3v) is 7.42. The maximum Gasteiger partial charge on any atom is 0.309 e. The van der Waals surface area contributed by atoms with Crippen LogP contribution in [0.5, 0.6) is 0 Å². The summed E-state index contributed by atoms with van der Waals surface area (Å²) in [6, 6.07) is 8.69. The van der Waals surface area contributed by atoms with Crippen molar-refractivity contribution in [2.45, 2.75) is 59.5 Å². The second kappa shape index (κ2) is 10.1. The lowest BCUT2D eigenvalue weighted by Gasteiger charge is -2.37. The minimum Gasteiger partial charge on any atom is -0.466 e. The number of rotatable bonds is 6. The quantitative estimate of drug-likeness (QED) is 0.639. The largest absolute Gasteiger partial charge is 0.466 e. The fourth-order valence-electron chi connectivity index (χ4n) is 5.53. The first-order valence-corrected chi connectivity index (χ1v) is 12.3. The summed E-state index contributed by atoms with van der Waals surface area (Å²) < 4.78 is 7.55. The van der Waals surface area contributed by atoms with Gasteiger partial charge in [-0.15, -0.1) is 0 Å². The number of hydrogen-bond acceptors (Lipinski definition) is 4. The van der Waals surface area contributed by atoms with E-state index in [1.165, 1.54) is 22.2 Å². The van der Waals surface area contributed by atoms with Crippen LogP contribution in [-0.2, 0) is 27.4 Å². The first kappa shape index (κ1) is 22.8. The molecular weight excluding hydrogens is 402 g/mol. The first-order valence-electron chi connectivity index (χ1n) is 12.3. The monoisotopic (exact) mass is 439 g/mol. The number of benzene rings is 1. The highest BCUT2D eigenvalue weighted by atomic mass is 16.5. The fourth-order valence-corrected chi connectivity index (χ4v) is 5.53. The van der Waals surface area contributed by atoms with Gasteiger partial charge >= 0.3 is 5.97 Å². The van der Waals surface area contributed by atoms with Gasteiger partial charge in [0.05, 0.1) is 12.5 Å². The molecule has 2 fully saturated rings. The number of nitrogens with zero attached hydrogens (tertiary/aromatic N) is 3. The van der Waals surface area contributed by atoms with Crippen LogP contribution in [0.3, 0.4) is 0 Å². The van der Waals surface area contributed by atoms with Gasteiger partial charge in [-0.3, -0.25) is 14.5 Å². The van der Waals surface area contributed by atoms with Crippen molar-refractivity contribution in [1.29, 1.82) is 0 Å². The molecule has 1 aromatic heterocycles. The number of likely N-dealkylation sites (tertiary alicyclic amines) is 2. The van der Waals surface area contributed by atoms with Crippen LogP contribution in [-0.4, -0.2) is 59.0 Å². The number of aromatic nitrogens is 1. The predicted octanol–water partition coefficient (Wildman–Crippen LogP) is 3.98. The molecule has 1 aromatic carbocycles. The topological polar surface area (TPSA) is 54.8 Å². The lowest BCUT2D eigenvalue weighted by molar-refractivity contribution is -0.152. The summed E-state index contributed by atoms with van der Waals surface area (Å²) in [5.41, 5.74) is 4.10. The van der Waals surface area contributed by atoms with E-state index in [1.807, 2.05) is 11.8 Å². The maximum absolute atomic E-state index is 13.1. The zero-order valence-electron chi connectivity index (χ0n) is 19.8. The Morgan fingerprint density at radius 3 is 2.28 bits per heavy atom. The van der Waals surface area contributed by atoms with Crippen molar-refractivity contribution in [3.05, 3.63) is 35.5 Å². The van der Waals surface area contributed by atoms with Crippen molar-refractivity contribution in [3.63, 3.8) is 0 Å². The van der Waals surface area contributed by atoms with Gasteiger partial charge in [0.25, 0.3) is 0 Å². The lowest BCUT2D eigenvalue weighted by atomic mass is 9.92. The van der Waals surface area contributed by atoms with E-state index >= 15 is 0 Å². The molecule has 174 valence electrons. The van der Waals surface area contributed by atoms with Crippen LogP contribution in [0.4, 0.5) is 0 Å². The number of amides is 1. The van der Waals surface area contributed by atoms with Crippen LogP contribution in [0.25, 0.3) is 10.9 Å². The number of hydrogen-bond donors (Lipinski definition) is 0. The molecule has 3 heterocycles. The molecule has 2 saturated heterocycles. The van der Waals surface area contributed by atoms with Gasteiger partial charge in [0, 0.05) is 48.7 Å². The summed E-state index contributed by atoms with van der Waals surface area (Å²) in [5.74, 6) is 0.246. The van der Waals surface area contributed by atoms with Crippen molar-refractivity contribution in [2.75, 3.05) is 32.8 Å². The van der Waals surface area contributed by atoms with Crippen LogP contribution >= 0.6 is 0 Å². The van der Waals surface area contributed by atoms with Crippen molar-refractivity contribution in [2.24, 2.45) is 11.8 Å². The van der Waals surface area contributed by atoms with Gasteiger partial charge in [-0.1, -0.05) is 18.2 Å². The van der Waals surface area contributed by atoms with E-state index in [2.05, 4.69) is 47.6 Å². The Bertz CT molecular complexity index is 951. The molecule has 0 N–H and O–H groups in total. The zero-order chi connectivity index (χ0) is 22.7. The standard InChI is InChI=1S/C26H37N3O3/c1-4-29-19(3)23(22-8-6-7-9-24(22)29)18-27-14-10-20(11-15-27)25(30)28-16-12-21(13-17-28)26(31)32-5-2/h6-9,20-21H,4-5,10-18H2,1-3H3. The minimum absolute atomic E-state index is 0.0469. The van der Waals surface area contributed by atoms with E-state index in [9.17, 15) is 9.59 Å². The number of para-hydroxylation sites is 1. The second-order valence-electron chi connectivity index (χ2n) is 9.23. The maximum atomic E-state index is 13.1. The molecule has 6 heteroatoms. The summed E-state index contributed by atoms with van der Waals surface area (Å²) in [4.78, 5) is 29.5. The Hall–Kier alpha value is -2.34. The molecule has 0 atom stereocenters. The van der Waals surface area contributed by atoms with Gasteiger partial charge in [-0.25, -0.2) is 0 Å². The molecular formula is C26H37N3O3. The Balaban J connectivity index is 1.32. The van der Waals surface area contributed by atoms with Crippen LogP contribution in [0.2, 0.25) is 0 Å². The van der Waals surface area contributed by atoms with Gasteiger partial charge in [-0.05, 0) is 71.2 Å². The summed E-state index contributed by atoms with van der Waals surface area (Å²) >= 11 is 0. The van der Waals surface area contributed by atoms with E-state index < -0.39 is 0 Å². The Labute approximate surface area is 191 Å². The Morgan fingerprint density at radius 1 is 0.969 bits per heavy atom. The van der Waals surface area contributed by atoms with E-state index in [0.717, 1.165) is 51.9 Å². The molecule has 2 aromatic rings. The molecule has 2 aliphatic rings. The molecule has 0 unspecified atom stereocenters. The van der Waals surface area contributed by atoms with Crippen molar-refractivity contribution in [1.82, 2.24) is 14.4 Å². The smallest absolute Gasteiger partial charge is 0.309 e. The molecule has 0 aliphatic carbocycles. The highest BCUT2D eigenvalue weighted by molar-refractivity contribution is 5.85. The van der Waals surface area contributed by atoms with Crippen LogP contribution in [0.15, 0.2) is 24.3 Å². The minimum atomic E-state index is -0.104. The average molecular weight is 440 g/mol. The summed E-state index contributed by atoms with van der Waals surface area (Å²) in [6.45, 7) is 11.9. The van der Waals surface area contributed by atoms with Gasteiger partial charge in [-0.2, -0.15) is 0 Å². The molecule has 0 spiro atoms. The van der Waals surface area contributed by atoms with Gasteiger partial charge in [0.15, 0.2) is 0 Å². The second-order valence-corrected chi connectivity index (χ2v) is 9.23. The van der Waals surface area contributed by atoms with Gasteiger partial charge < -0.3 is 14.2 Å². The highest BCUT2D eigenvalue weighted by Gasteiger charge is 2.33. The van der Waals surface area contributed by atoms with E-state index in [-0.39, 0.29) is 23.7 Å². The molecule has 32 heavy (non-hydrogen) atoms. The molecule has 6 nitrogen and oxygen atoms in total. The van der Waals surface area contributed by atoms with E-state index in [4.69, 9.17) is 4.74 Å². The van der Waals surface area contributed by atoms with Gasteiger partial charge in [0.1, 0.15) is 0 Å². The van der Waals surface area contributed by atoms with Crippen molar-refractivity contribution < 1.29 is 14.3 Å². The lowest BCUT2D eigenvalue weighted by Crippen LogP contribution is -2.46. The summed E-state index contributed by atoms with van der Waals surface area (Å²) in [6.07, 6.45) is 3.29. The number of ether oxygens (including phenoxy) is 1. The molecule has 0 radical (unpaired) electrons. The van der Waals surface area contributed by atoms with Crippen LogP contribution in [0, 0.1) is 18.8 Å². The number of carbonyl (C=O) groups excluding carboxylic acids is 2. The predicted molar refractivity (Wildman–Crippen MR) is 126 cm³/mol. The van der Waals surface area contributed by atoms with Crippen molar-refractivity contribution >= 4 is 22.8 Å². The van der Waals surface area contributed by atoms with Crippen molar-refractivity contribution in [3.8, 4) is 0 Å². The SMILES string of the molecule is CCOC(=O)C1CCN(C(=O)C2CCN(Cc3c(C)n(CC)c4ccccc34)CC2)CC1. The van der Waals surface area contributed by atoms with Gasteiger partial charge in [0.2, 0.25) is 5.91 Å². The molecule has 2 aliphatic heterocycles. The fraction of sp³-hybridized carbons (Fsp3) is 0.615. The number of piperidine rings is 2. The van der Waals surface area contributed by atoms with E-state index in [1.54, 1.807) is 0 Å². The normalized spacial score (nSPS) is 18.9.